The second-order valence-corrected chi connectivity index (χ2v) is 7.98. The Morgan fingerprint density at radius 1 is 1.33 bits per heavy atom. The summed E-state index contributed by atoms with van der Waals surface area (Å²) in [7, 11) is 0. The number of cyclic esters (lactones) is 1. The molecule has 0 spiro atoms. The SMILES string of the molecule is CCC1COC(=O)N1C1CCN(C(=O)Cn2ccc(-c3cccs3)n2)CC1. The van der Waals surface area contributed by atoms with Crippen LogP contribution in [0, 0.1) is 0 Å². The summed E-state index contributed by atoms with van der Waals surface area (Å²) in [6.07, 6.45) is 4.15. The number of carbonyl (C=O) groups is 2. The zero-order valence-corrected chi connectivity index (χ0v) is 16.2. The molecule has 2 aliphatic heterocycles. The Morgan fingerprint density at radius 2 is 2.15 bits per heavy atom. The van der Waals surface area contributed by atoms with E-state index in [1.165, 1.54) is 0 Å². The van der Waals surface area contributed by atoms with Crippen molar-refractivity contribution >= 4 is 23.3 Å². The Morgan fingerprint density at radius 3 is 2.85 bits per heavy atom. The summed E-state index contributed by atoms with van der Waals surface area (Å²) in [6.45, 7) is 4.15. The standard InChI is InChI=1S/C19H24N4O3S/c1-2-14-13-26-19(25)23(14)15-5-8-21(9-6-15)18(24)12-22-10-7-16(20-22)17-4-3-11-27-17/h3-4,7,10-11,14-15H,2,5-6,8-9,12-13H2,1H3. The number of rotatable bonds is 5. The largest absolute Gasteiger partial charge is 0.447 e. The van der Waals surface area contributed by atoms with Gasteiger partial charge in [-0.05, 0) is 36.8 Å². The predicted octanol–water partition coefficient (Wildman–Crippen LogP) is 2.83. The van der Waals surface area contributed by atoms with E-state index in [9.17, 15) is 9.59 Å². The van der Waals surface area contributed by atoms with Crippen LogP contribution in [0.25, 0.3) is 10.6 Å². The van der Waals surface area contributed by atoms with E-state index >= 15 is 0 Å². The fourth-order valence-electron chi connectivity index (χ4n) is 3.87. The van der Waals surface area contributed by atoms with Crippen molar-refractivity contribution in [3.63, 3.8) is 0 Å². The van der Waals surface area contributed by atoms with E-state index in [1.54, 1.807) is 16.0 Å². The van der Waals surface area contributed by atoms with Gasteiger partial charge < -0.3 is 9.64 Å². The number of likely N-dealkylation sites (tertiary alicyclic amines) is 1. The van der Waals surface area contributed by atoms with E-state index in [-0.39, 0.29) is 30.6 Å². The average molecular weight is 388 g/mol. The molecular formula is C19H24N4O3S. The fourth-order valence-corrected chi connectivity index (χ4v) is 4.56. The lowest BCUT2D eigenvalue weighted by atomic mass is 10.0. The third-order valence-electron chi connectivity index (χ3n) is 5.40. The summed E-state index contributed by atoms with van der Waals surface area (Å²) >= 11 is 1.64. The second-order valence-electron chi connectivity index (χ2n) is 7.03. The van der Waals surface area contributed by atoms with Crippen molar-refractivity contribution in [1.82, 2.24) is 19.6 Å². The number of carbonyl (C=O) groups excluding carboxylic acids is 2. The molecule has 0 aromatic carbocycles. The number of hydrogen-bond donors (Lipinski definition) is 0. The van der Waals surface area contributed by atoms with Crippen LogP contribution < -0.4 is 0 Å². The highest BCUT2D eigenvalue weighted by molar-refractivity contribution is 7.13. The Hall–Kier alpha value is -2.35. The van der Waals surface area contributed by atoms with Crippen LogP contribution in [-0.2, 0) is 16.1 Å². The summed E-state index contributed by atoms with van der Waals surface area (Å²) in [6, 6.07) is 6.30. The lowest BCUT2D eigenvalue weighted by Crippen LogP contribution is -2.50. The van der Waals surface area contributed by atoms with Crippen molar-refractivity contribution < 1.29 is 14.3 Å². The van der Waals surface area contributed by atoms with E-state index in [0.29, 0.717) is 19.7 Å². The minimum Gasteiger partial charge on any atom is -0.447 e. The van der Waals surface area contributed by atoms with Gasteiger partial charge in [0.2, 0.25) is 5.91 Å². The van der Waals surface area contributed by atoms with Gasteiger partial charge in [-0.2, -0.15) is 5.10 Å². The third kappa shape index (κ3) is 3.71. The predicted molar refractivity (Wildman–Crippen MR) is 102 cm³/mol. The molecule has 7 nitrogen and oxygen atoms in total. The first-order chi connectivity index (χ1) is 13.2. The van der Waals surface area contributed by atoms with Crippen LogP contribution in [0.15, 0.2) is 29.8 Å². The van der Waals surface area contributed by atoms with E-state index < -0.39 is 0 Å². The van der Waals surface area contributed by atoms with Gasteiger partial charge in [0.25, 0.3) is 0 Å². The monoisotopic (exact) mass is 388 g/mol. The molecule has 0 radical (unpaired) electrons. The molecule has 2 amide bonds. The van der Waals surface area contributed by atoms with Crippen LogP contribution in [0.5, 0.6) is 0 Å². The van der Waals surface area contributed by atoms with E-state index in [1.807, 2.05) is 39.6 Å². The van der Waals surface area contributed by atoms with Gasteiger partial charge in [-0.15, -0.1) is 11.3 Å². The van der Waals surface area contributed by atoms with Crippen molar-refractivity contribution in [2.75, 3.05) is 19.7 Å². The van der Waals surface area contributed by atoms with Crippen LogP contribution in [0.2, 0.25) is 0 Å². The van der Waals surface area contributed by atoms with Crippen LogP contribution in [-0.4, -0.2) is 63.4 Å². The van der Waals surface area contributed by atoms with Crippen molar-refractivity contribution in [1.29, 1.82) is 0 Å². The second kappa shape index (κ2) is 7.72. The minimum absolute atomic E-state index is 0.0744. The maximum atomic E-state index is 12.6. The molecule has 0 N–H and O–H groups in total. The van der Waals surface area contributed by atoms with Gasteiger partial charge in [0.05, 0.1) is 10.9 Å². The Bertz CT molecular complexity index is 796. The van der Waals surface area contributed by atoms with Crippen LogP contribution in [0.4, 0.5) is 4.79 Å². The number of hydrogen-bond acceptors (Lipinski definition) is 5. The van der Waals surface area contributed by atoms with Crippen molar-refractivity contribution in [3.8, 4) is 10.6 Å². The number of nitrogens with zero attached hydrogens (tertiary/aromatic N) is 4. The molecule has 1 atom stereocenters. The topological polar surface area (TPSA) is 67.7 Å². The molecule has 2 saturated heterocycles. The Kier molecular flexibility index (Phi) is 5.15. The minimum atomic E-state index is -0.204. The fraction of sp³-hybridized carbons (Fsp3) is 0.526. The highest BCUT2D eigenvalue weighted by Crippen LogP contribution is 2.26. The van der Waals surface area contributed by atoms with Gasteiger partial charge >= 0.3 is 6.09 Å². The number of ether oxygens (including phenoxy) is 1. The molecule has 0 aliphatic carbocycles. The summed E-state index contributed by atoms with van der Waals surface area (Å²) in [4.78, 5) is 29.5. The molecule has 0 bridgehead atoms. The average Bonchev–Trinajstić information content (AvgIpc) is 3.42. The van der Waals surface area contributed by atoms with Crippen LogP contribution >= 0.6 is 11.3 Å². The first-order valence-electron chi connectivity index (χ1n) is 9.46. The highest BCUT2D eigenvalue weighted by Gasteiger charge is 2.38. The quantitative estimate of drug-likeness (QED) is 0.790. The van der Waals surface area contributed by atoms with Crippen LogP contribution in [0.3, 0.4) is 0 Å². The molecule has 27 heavy (non-hydrogen) atoms. The molecule has 2 aromatic heterocycles. The van der Waals surface area contributed by atoms with Crippen molar-refractivity contribution in [2.45, 2.75) is 44.8 Å². The summed E-state index contributed by atoms with van der Waals surface area (Å²) < 4.78 is 6.91. The molecule has 2 fully saturated rings. The first kappa shape index (κ1) is 18.0. The lowest BCUT2D eigenvalue weighted by molar-refractivity contribution is -0.133. The van der Waals surface area contributed by atoms with E-state index in [2.05, 4.69) is 12.0 Å². The van der Waals surface area contributed by atoms with Gasteiger partial charge in [0, 0.05) is 25.3 Å². The number of thiophene rings is 1. The molecule has 1 unspecified atom stereocenters. The molecular weight excluding hydrogens is 364 g/mol. The van der Waals surface area contributed by atoms with Crippen LogP contribution in [0.1, 0.15) is 26.2 Å². The molecule has 4 heterocycles. The maximum absolute atomic E-state index is 12.6. The van der Waals surface area contributed by atoms with Gasteiger partial charge in [0.1, 0.15) is 18.8 Å². The first-order valence-corrected chi connectivity index (χ1v) is 10.3. The van der Waals surface area contributed by atoms with Crippen molar-refractivity contribution in [3.05, 3.63) is 29.8 Å². The van der Waals surface area contributed by atoms with E-state index in [0.717, 1.165) is 29.8 Å². The van der Waals surface area contributed by atoms with Crippen molar-refractivity contribution in [2.24, 2.45) is 0 Å². The summed E-state index contributed by atoms with van der Waals surface area (Å²) in [5.74, 6) is 0.0744. The highest BCUT2D eigenvalue weighted by atomic mass is 32.1. The number of amides is 2. The number of aromatic nitrogens is 2. The molecule has 4 rings (SSSR count). The van der Waals surface area contributed by atoms with E-state index in [4.69, 9.17) is 4.74 Å². The lowest BCUT2D eigenvalue weighted by Gasteiger charge is -2.37. The number of piperidine rings is 1. The molecule has 8 heteroatoms. The normalized spacial score (nSPS) is 20.9. The maximum Gasteiger partial charge on any atom is 0.410 e. The zero-order valence-electron chi connectivity index (χ0n) is 15.4. The Labute approximate surface area is 162 Å². The van der Waals surface area contributed by atoms with Gasteiger partial charge in [-0.25, -0.2) is 4.79 Å². The van der Waals surface area contributed by atoms with Gasteiger partial charge in [-0.1, -0.05) is 13.0 Å². The Balaban J connectivity index is 1.32. The zero-order chi connectivity index (χ0) is 18.8. The molecule has 0 saturated carbocycles. The summed E-state index contributed by atoms with van der Waals surface area (Å²) in [5.41, 5.74) is 0.898. The molecule has 2 aromatic rings. The molecule has 144 valence electrons. The third-order valence-corrected chi connectivity index (χ3v) is 6.29. The molecule has 2 aliphatic rings. The smallest absolute Gasteiger partial charge is 0.410 e. The van der Waals surface area contributed by atoms with Gasteiger partial charge in [0.15, 0.2) is 0 Å². The summed E-state index contributed by atoms with van der Waals surface area (Å²) in [5, 5.41) is 6.52. The van der Waals surface area contributed by atoms with Gasteiger partial charge in [-0.3, -0.25) is 14.4 Å².